The summed E-state index contributed by atoms with van der Waals surface area (Å²) >= 11 is 0. The molecule has 2 aromatic carbocycles. The van der Waals surface area contributed by atoms with Crippen molar-refractivity contribution in [3.05, 3.63) is 65.0 Å². The second kappa shape index (κ2) is 9.07. The SMILES string of the molecule is Cc1c(F)cccc1NC(=O)c1cccc([C@@H]2CCCN(C(=O)NC(C)C)C2)c1. The molecule has 2 aromatic rings. The molecule has 0 radical (unpaired) electrons. The van der Waals surface area contributed by atoms with Crippen LogP contribution in [-0.2, 0) is 0 Å². The summed E-state index contributed by atoms with van der Waals surface area (Å²) in [5, 5.41) is 5.74. The number of hydrogen-bond acceptors (Lipinski definition) is 2. The topological polar surface area (TPSA) is 61.4 Å². The molecule has 29 heavy (non-hydrogen) atoms. The number of anilines is 1. The molecule has 0 spiro atoms. The van der Waals surface area contributed by atoms with E-state index in [9.17, 15) is 14.0 Å². The van der Waals surface area contributed by atoms with Gasteiger partial charge in [0.25, 0.3) is 5.91 Å². The first-order valence-corrected chi connectivity index (χ1v) is 10.1. The van der Waals surface area contributed by atoms with Crippen molar-refractivity contribution in [1.29, 1.82) is 0 Å². The van der Waals surface area contributed by atoms with Crippen molar-refractivity contribution in [3.8, 4) is 0 Å². The van der Waals surface area contributed by atoms with E-state index in [1.807, 2.05) is 36.9 Å². The number of benzene rings is 2. The van der Waals surface area contributed by atoms with Crippen LogP contribution in [0.2, 0.25) is 0 Å². The molecule has 1 aliphatic heterocycles. The first kappa shape index (κ1) is 20.8. The lowest BCUT2D eigenvalue weighted by Gasteiger charge is -2.33. The second-order valence-electron chi connectivity index (χ2n) is 7.88. The van der Waals surface area contributed by atoms with Crippen molar-refractivity contribution >= 4 is 17.6 Å². The van der Waals surface area contributed by atoms with Crippen molar-refractivity contribution in [2.45, 2.75) is 45.6 Å². The molecule has 2 N–H and O–H groups in total. The normalized spacial score (nSPS) is 16.6. The average molecular weight is 397 g/mol. The fraction of sp³-hybridized carbons (Fsp3) is 0.391. The summed E-state index contributed by atoms with van der Waals surface area (Å²) in [6.07, 6.45) is 1.90. The molecule has 1 atom stereocenters. The van der Waals surface area contributed by atoms with Crippen LogP contribution in [0.1, 0.15) is 54.1 Å². The molecule has 1 saturated heterocycles. The lowest BCUT2D eigenvalue weighted by Crippen LogP contribution is -2.47. The van der Waals surface area contributed by atoms with Crippen LogP contribution < -0.4 is 10.6 Å². The molecule has 0 bridgehead atoms. The van der Waals surface area contributed by atoms with Gasteiger partial charge in [-0.3, -0.25) is 4.79 Å². The highest BCUT2D eigenvalue weighted by Crippen LogP contribution is 2.28. The molecular weight excluding hydrogens is 369 g/mol. The van der Waals surface area contributed by atoms with E-state index in [0.717, 1.165) is 24.9 Å². The zero-order valence-corrected chi connectivity index (χ0v) is 17.2. The molecule has 0 aromatic heterocycles. The van der Waals surface area contributed by atoms with Crippen molar-refractivity contribution in [2.75, 3.05) is 18.4 Å². The van der Waals surface area contributed by atoms with Gasteiger partial charge in [-0.1, -0.05) is 18.2 Å². The van der Waals surface area contributed by atoms with Crippen LogP contribution in [0.4, 0.5) is 14.9 Å². The van der Waals surface area contributed by atoms with Crippen LogP contribution in [0.15, 0.2) is 42.5 Å². The fourth-order valence-electron chi connectivity index (χ4n) is 3.64. The minimum Gasteiger partial charge on any atom is -0.336 e. The number of halogens is 1. The summed E-state index contributed by atoms with van der Waals surface area (Å²) in [6, 6.07) is 12.2. The van der Waals surface area contributed by atoms with Crippen LogP contribution >= 0.6 is 0 Å². The number of amides is 3. The van der Waals surface area contributed by atoms with Gasteiger partial charge in [0.05, 0.1) is 0 Å². The van der Waals surface area contributed by atoms with Crippen molar-refractivity contribution < 1.29 is 14.0 Å². The van der Waals surface area contributed by atoms with Crippen LogP contribution in [0.5, 0.6) is 0 Å². The van der Waals surface area contributed by atoms with Gasteiger partial charge in [0.2, 0.25) is 0 Å². The third-order valence-electron chi connectivity index (χ3n) is 5.26. The Hall–Kier alpha value is -2.89. The van der Waals surface area contributed by atoms with E-state index < -0.39 is 0 Å². The maximum Gasteiger partial charge on any atom is 0.317 e. The number of carbonyl (C=O) groups excluding carboxylic acids is 2. The van der Waals surface area contributed by atoms with E-state index in [2.05, 4.69) is 10.6 Å². The zero-order valence-electron chi connectivity index (χ0n) is 17.2. The van der Waals surface area contributed by atoms with Gasteiger partial charge in [-0.25, -0.2) is 9.18 Å². The zero-order chi connectivity index (χ0) is 21.0. The number of rotatable bonds is 4. The molecule has 0 saturated carbocycles. The van der Waals surface area contributed by atoms with Gasteiger partial charge in [-0.15, -0.1) is 0 Å². The van der Waals surface area contributed by atoms with Crippen LogP contribution in [0.25, 0.3) is 0 Å². The molecule has 1 aliphatic rings. The van der Waals surface area contributed by atoms with Crippen LogP contribution in [0, 0.1) is 12.7 Å². The van der Waals surface area contributed by atoms with Gasteiger partial charge in [0.15, 0.2) is 0 Å². The van der Waals surface area contributed by atoms with E-state index in [1.54, 1.807) is 25.1 Å². The number of nitrogens with one attached hydrogen (secondary N) is 2. The minimum atomic E-state index is -0.349. The summed E-state index contributed by atoms with van der Waals surface area (Å²) in [5.41, 5.74) is 2.44. The smallest absolute Gasteiger partial charge is 0.317 e. The molecular formula is C23H28FN3O2. The number of hydrogen-bond donors (Lipinski definition) is 2. The Morgan fingerprint density at radius 1 is 1.17 bits per heavy atom. The molecule has 5 nitrogen and oxygen atoms in total. The molecule has 0 unspecified atom stereocenters. The number of urea groups is 1. The van der Waals surface area contributed by atoms with Crippen LogP contribution in [-0.4, -0.2) is 36.0 Å². The summed E-state index contributed by atoms with van der Waals surface area (Å²) in [6.45, 7) is 6.91. The Bertz CT molecular complexity index is 897. The van der Waals surface area contributed by atoms with Gasteiger partial charge in [0, 0.05) is 41.9 Å². The Morgan fingerprint density at radius 2 is 1.93 bits per heavy atom. The standard InChI is InChI=1S/C23H28FN3O2/c1-15(2)25-23(29)27-12-6-9-19(14-27)17-7-4-8-18(13-17)22(28)26-21-11-5-10-20(24)16(21)3/h4-5,7-8,10-11,13,15,19H,6,9,12,14H2,1-3H3,(H,25,29)(H,26,28)/t19-/m1/s1. The number of piperidine rings is 1. The number of likely N-dealkylation sites (tertiary alicyclic amines) is 1. The Balaban J connectivity index is 1.72. The second-order valence-corrected chi connectivity index (χ2v) is 7.88. The highest BCUT2D eigenvalue weighted by Gasteiger charge is 2.25. The minimum absolute atomic E-state index is 0.0415. The quantitative estimate of drug-likeness (QED) is 0.787. The van der Waals surface area contributed by atoms with E-state index in [0.29, 0.717) is 23.4 Å². The molecule has 1 fully saturated rings. The predicted octanol–water partition coefficient (Wildman–Crippen LogP) is 4.68. The average Bonchev–Trinajstić information content (AvgIpc) is 2.71. The summed E-state index contributed by atoms with van der Waals surface area (Å²) in [4.78, 5) is 26.9. The maximum atomic E-state index is 13.7. The predicted molar refractivity (Wildman–Crippen MR) is 113 cm³/mol. The molecule has 1 heterocycles. The number of nitrogens with zero attached hydrogens (tertiary/aromatic N) is 1. The van der Waals surface area contributed by atoms with Gasteiger partial charge in [0.1, 0.15) is 5.82 Å². The van der Waals surface area contributed by atoms with Crippen LogP contribution in [0.3, 0.4) is 0 Å². The first-order chi connectivity index (χ1) is 13.8. The maximum absolute atomic E-state index is 13.7. The number of carbonyl (C=O) groups is 2. The van der Waals surface area contributed by atoms with E-state index in [4.69, 9.17) is 0 Å². The molecule has 154 valence electrons. The summed E-state index contributed by atoms with van der Waals surface area (Å²) in [5.74, 6) is -0.436. The highest BCUT2D eigenvalue weighted by molar-refractivity contribution is 6.04. The fourth-order valence-corrected chi connectivity index (χ4v) is 3.64. The third-order valence-corrected chi connectivity index (χ3v) is 5.26. The first-order valence-electron chi connectivity index (χ1n) is 10.1. The molecule has 6 heteroatoms. The largest absolute Gasteiger partial charge is 0.336 e. The van der Waals surface area contributed by atoms with Crippen molar-refractivity contribution in [1.82, 2.24) is 10.2 Å². The summed E-state index contributed by atoms with van der Waals surface area (Å²) in [7, 11) is 0. The molecule has 3 amide bonds. The van der Waals surface area contributed by atoms with Gasteiger partial charge in [-0.2, -0.15) is 0 Å². The van der Waals surface area contributed by atoms with E-state index in [-0.39, 0.29) is 29.7 Å². The van der Waals surface area contributed by atoms with Gasteiger partial charge < -0.3 is 15.5 Å². The molecule has 3 rings (SSSR count). The Kier molecular flexibility index (Phi) is 6.52. The van der Waals surface area contributed by atoms with E-state index in [1.165, 1.54) is 6.07 Å². The Labute approximate surface area is 171 Å². The monoisotopic (exact) mass is 397 g/mol. The van der Waals surface area contributed by atoms with Gasteiger partial charge >= 0.3 is 6.03 Å². The Morgan fingerprint density at radius 3 is 2.69 bits per heavy atom. The van der Waals surface area contributed by atoms with Crippen molar-refractivity contribution in [3.63, 3.8) is 0 Å². The van der Waals surface area contributed by atoms with Gasteiger partial charge in [-0.05, 0) is 63.4 Å². The lowest BCUT2D eigenvalue weighted by atomic mass is 9.89. The molecule has 0 aliphatic carbocycles. The van der Waals surface area contributed by atoms with Crippen molar-refractivity contribution in [2.24, 2.45) is 0 Å². The third kappa shape index (κ3) is 5.13. The summed E-state index contributed by atoms with van der Waals surface area (Å²) < 4.78 is 13.7. The highest BCUT2D eigenvalue weighted by atomic mass is 19.1. The van der Waals surface area contributed by atoms with E-state index >= 15 is 0 Å². The lowest BCUT2D eigenvalue weighted by molar-refractivity contribution is 0.102.